The number of hydrogen-bond donors (Lipinski definition) is 0. The van der Waals surface area contributed by atoms with Gasteiger partial charge in [0, 0.05) is 38.4 Å². The van der Waals surface area contributed by atoms with Crippen LogP contribution in [0.1, 0.15) is 71.6 Å². The normalized spacial score (nSPS) is 13.6. The average molecular weight is 478 g/mol. The lowest BCUT2D eigenvalue weighted by atomic mass is 9.90. The summed E-state index contributed by atoms with van der Waals surface area (Å²) in [5, 5.41) is 2.54. The van der Waals surface area contributed by atoms with Gasteiger partial charge >= 0.3 is 0 Å². The number of carbonyl (C=O) groups is 2. The van der Waals surface area contributed by atoms with E-state index >= 15 is 0 Å². The number of para-hydroxylation sites is 1. The van der Waals surface area contributed by atoms with Crippen LogP contribution in [0.15, 0.2) is 59.4 Å². The third-order valence-electron chi connectivity index (χ3n) is 7.31. The Balaban J connectivity index is 1.66. The maximum atomic E-state index is 13.9. The van der Waals surface area contributed by atoms with E-state index in [9.17, 15) is 14.4 Å². The topological polar surface area (TPSA) is 71.8 Å². The number of pyridine rings is 1. The van der Waals surface area contributed by atoms with Gasteiger partial charge in [-0.1, -0.05) is 44.9 Å². The largest absolute Gasteiger partial charge is 0.268 e. The lowest BCUT2D eigenvalue weighted by Gasteiger charge is -2.27. The second-order valence-electron chi connectivity index (χ2n) is 9.53. The second-order valence-corrected chi connectivity index (χ2v) is 9.53. The van der Waals surface area contributed by atoms with Crippen molar-refractivity contribution < 1.29 is 9.59 Å². The molecule has 0 aliphatic carbocycles. The van der Waals surface area contributed by atoms with Gasteiger partial charge in [0.15, 0.2) is 0 Å². The number of imidazole rings is 1. The minimum atomic E-state index is -0.379. The lowest BCUT2D eigenvalue weighted by Crippen LogP contribution is -2.40. The van der Waals surface area contributed by atoms with Gasteiger partial charge in [-0.05, 0) is 62.1 Å². The zero-order valence-electron chi connectivity index (χ0n) is 20.5. The fraction of sp³-hybridized carbons (Fsp3) is 0.267. The van der Waals surface area contributed by atoms with Crippen LogP contribution >= 0.6 is 0 Å². The fourth-order valence-corrected chi connectivity index (χ4v) is 5.53. The molecule has 0 fully saturated rings. The smallest absolute Gasteiger partial charge is 0.265 e. The van der Waals surface area contributed by atoms with Crippen molar-refractivity contribution in [3.05, 3.63) is 87.5 Å². The molecule has 36 heavy (non-hydrogen) atoms. The first-order valence-electron chi connectivity index (χ1n) is 12.8. The number of imide groups is 1. The minimum Gasteiger partial charge on any atom is -0.268 e. The SMILES string of the molecule is CCCCc1nc2c3ccc4c5c(ccc(c(=O)n2c1CCCC)c53)C(=O)N(c1ccccc1)C4=O. The number of aryl methyl sites for hydroxylation is 2. The number of anilines is 1. The third kappa shape index (κ3) is 3.10. The highest BCUT2D eigenvalue weighted by atomic mass is 16.2. The van der Waals surface area contributed by atoms with E-state index in [1.165, 1.54) is 4.90 Å². The molecule has 3 heterocycles. The molecule has 180 valence electrons. The predicted molar refractivity (Wildman–Crippen MR) is 142 cm³/mol. The summed E-state index contributed by atoms with van der Waals surface area (Å²) in [7, 11) is 0. The Labute approximate surface area is 208 Å². The Morgan fingerprint density at radius 1 is 0.722 bits per heavy atom. The zero-order chi connectivity index (χ0) is 25.0. The maximum absolute atomic E-state index is 13.9. The first kappa shape index (κ1) is 22.4. The van der Waals surface area contributed by atoms with Crippen LogP contribution in [-0.4, -0.2) is 21.2 Å². The molecule has 0 saturated heterocycles. The molecule has 0 radical (unpaired) electrons. The molecule has 0 bridgehead atoms. The van der Waals surface area contributed by atoms with E-state index in [4.69, 9.17) is 4.98 Å². The summed E-state index contributed by atoms with van der Waals surface area (Å²) in [6, 6.07) is 16.1. The standard InChI is InChI=1S/C30H27N3O3/c1-3-5-12-23-24(13-6-4-2)33-27(31-23)19-14-15-21-26-22(17-16-20(25(19)26)30(33)36)29(35)32(28(21)34)18-10-8-7-9-11-18/h7-11,14-17H,3-6,12-13H2,1-2H3. The molecule has 0 spiro atoms. The van der Waals surface area contributed by atoms with Crippen molar-refractivity contribution in [1.29, 1.82) is 0 Å². The van der Waals surface area contributed by atoms with Gasteiger partial charge in [-0.25, -0.2) is 9.88 Å². The molecule has 3 aromatic carbocycles. The van der Waals surface area contributed by atoms with Crippen LogP contribution in [0.2, 0.25) is 0 Å². The molecule has 0 unspecified atom stereocenters. The molecule has 6 rings (SSSR count). The highest BCUT2D eigenvalue weighted by molar-refractivity contribution is 6.38. The van der Waals surface area contributed by atoms with E-state index in [-0.39, 0.29) is 17.4 Å². The van der Waals surface area contributed by atoms with Crippen LogP contribution in [0.25, 0.3) is 27.2 Å². The van der Waals surface area contributed by atoms with E-state index in [1.54, 1.807) is 46.9 Å². The van der Waals surface area contributed by atoms with Gasteiger partial charge < -0.3 is 0 Å². The van der Waals surface area contributed by atoms with Gasteiger partial charge in [0.1, 0.15) is 5.65 Å². The van der Waals surface area contributed by atoms with Crippen molar-refractivity contribution in [3.63, 3.8) is 0 Å². The van der Waals surface area contributed by atoms with Gasteiger partial charge in [0.25, 0.3) is 17.4 Å². The summed E-state index contributed by atoms with van der Waals surface area (Å²) in [5.74, 6) is -0.757. The van der Waals surface area contributed by atoms with Crippen LogP contribution in [0.3, 0.4) is 0 Å². The highest BCUT2D eigenvalue weighted by Crippen LogP contribution is 2.38. The number of nitrogens with zero attached hydrogens (tertiary/aromatic N) is 3. The van der Waals surface area contributed by atoms with Crippen molar-refractivity contribution in [2.75, 3.05) is 4.90 Å². The van der Waals surface area contributed by atoms with Crippen LogP contribution in [0.4, 0.5) is 5.69 Å². The number of amides is 2. The summed E-state index contributed by atoms with van der Waals surface area (Å²) in [4.78, 5) is 47.2. The van der Waals surface area contributed by atoms with Gasteiger partial charge in [0.2, 0.25) is 0 Å². The molecule has 6 heteroatoms. The molecule has 5 aromatic rings. The fourth-order valence-electron chi connectivity index (χ4n) is 5.53. The number of hydrogen-bond acceptors (Lipinski definition) is 4. The van der Waals surface area contributed by atoms with Crippen LogP contribution < -0.4 is 10.5 Å². The Morgan fingerprint density at radius 3 is 2.03 bits per heavy atom. The van der Waals surface area contributed by atoms with E-state index < -0.39 is 0 Å². The van der Waals surface area contributed by atoms with Crippen molar-refractivity contribution in [2.45, 2.75) is 52.4 Å². The summed E-state index contributed by atoms with van der Waals surface area (Å²) in [6.45, 7) is 4.29. The molecule has 1 aliphatic heterocycles. The number of aromatic nitrogens is 2. The molecular weight excluding hydrogens is 450 g/mol. The third-order valence-corrected chi connectivity index (χ3v) is 7.31. The lowest BCUT2D eigenvalue weighted by molar-refractivity contribution is 0.0893. The van der Waals surface area contributed by atoms with Crippen molar-refractivity contribution in [2.24, 2.45) is 0 Å². The molecule has 2 aromatic heterocycles. The van der Waals surface area contributed by atoms with Crippen molar-refractivity contribution >= 4 is 44.7 Å². The van der Waals surface area contributed by atoms with Crippen molar-refractivity contribution in [1.82, 2.24) is 9.38 Å². The molecular formula is C30H27N3O3. The predicted octanol–water partition coefficient (Wildman–Crippen LogP) is 5.92. The Bertz CT molecular complexity index is 1700. The quantitative estimate of drug-likeness (QED) is 0.273. The number of benzene rings is 3. The number of carbonyl (C=O) groups excluding carboxylic acids is 2. The number of rotatable bonds is 7. The van der Waals surface area contributed by atoms with E-state index in [0.717, 1.165) is 55.3 Å². The molecule has 0 atom stereocenters. The van der Waals surface area contributed by atoms with Gasteiger partial charge in [0.05, 0.1) is 11.4 Å². The number of unbranched alkanes of at least 4 members (excludes halogenated alkanes) is 2. The van der Waals surface area contributed by atoms with E-state index in [0.29, 0.717) is 38.6 Å². The second kappa shape index (κ2) is 8.55. The molecule has 0 saturated carbocycles. The van der Waals surface area contributed by atoms with E-state index in [1.807, 2.05) is 12.1 Å². The average Bonchev–Trinajstić information content (AvgIpc) is 3.27. The molecule has 1 aliphatic rings. The van der Waals surface area contributed by atoms with Gasteiger partial charge in [-0.3, -0.25) is 18.8 Å². The van der Waals surface area contributed by atoms with Crippen LogP contribution in [-0.2, 0) is 12.8 Å². The highest BCUT2D eigenvalue weighted by Gasteiger charge is 2.35. The monoisotopic (exact) mass is 477 g/mol. The first-order valence-corrected chi connectivity index (χ1v) is 12.8. The minimum absolute atomic E-state index is 0.132. The summed E-state index contributed by atoms with van der Waals surface area (Å²) < 4.78 is 1.78. The Kier molecular flexibility index (Phi) is 5.32. The van der Waals surface area contributed by atoms with E-state index in [2.05, 4.69) is 13.8 Å². The number of fused-ring (bicyclic) bond motifs is 2. The summed E-state index contributed by atoms with van der Waals surface area (Å²) in [6.07, 6.45) is 5.70. The van der Waals surface area contributed by atoms with Gasteiger partial charge in [-0.15, -0.1) is 0 Å². The molecule has 6 nitrogen and oxygen atoms in total. The van der Waals surface area contributed by atoms with Crippen molar-refractivity contribution in [3.8, 4) is 0 Å². The van der Waals surface area contributed by atoms with Crippen LogP contribution in [0.5, 0.6) is 0 Å². The molecule has 0 N–H and O–H groups in total. The first-order chi connectivity index (χ1) is 17.6. The summed E-state index contributed by atoms with van der Waals surface area (Å²) >= 11 is 0. The zero-order valence-corrected chi connectivity index (χ0v) is 20.5. The van der Waals surface area contributed by atoms with Gasteiger partial charge in [-0.2, -0.15) is 0 Å². The Morgan fingerprint density at radius 2 is 1.36 bits per heavy atom. The van der Waals surface area contributed by atoms with Crippen LogP contribution in [0, 0.1) is 0 Å². The Hall–Kier alpha value is -4.06. The summed E-state index contributed by atoms with van der Waals surface area (Å²) in [5.41, 5.74) is 3.85. The maximum Gasteiger partial charge on any atom is 0.265 e. The molecule has 2 amide bonds.